The molecule has 0 spiro atoms. The highest BCUT2D eigenvalue weighted by Gasteiger charge is 2.68. The van der Waals surface area contributed by atoms with E-state index in [1.807, 2.05) is 18.2 Å². The second-order valence-corrected chi connectivity index (χ2v) is 6.57. The summed E-state index contributed by atoms with van der Waals surface area (Å²) in [5, 5.41) is 0. The van der Waals surface area contributed by atoms with Crippen molar-refractivity contribution in [3.8, 4) is 0 Å². The van der Waals surface area contributed by atoms with Gasteiger partial charge in [0.05, 0.1) is 0 Å². The lowest BCUT2D eigenvalue weighted by atomic mass is 9.66. The van der Waals surface area contributed by atoms with Crippen molar-refractivity contribution in [2.24, 2.45) is 16.7 Å². The van der Waals surface area contributed by atoms with Gasteiger partial charge in [0.25, 0.3) is 0 Å². The lowest BCUT2D eigenvalue weighted by Gasteiger charge is -2.35. The van der Waals surface area contributed by atoms with Gasteiger partial charge in [-0.05, 0) is 36.7 Å². The smallest absolute Gasteiger partial charge is 0.205 e. The first-order valence-electron chi connectivity index (χ1n) is 7.12. The fourth-order valence-electron chi connectivity index (χ4n) is 4.23. The highest BCUT2D eigenvalue weighted by Crippen LogP contribution is 2.64. The van der Waals surface area contributed by atoms with Crippen LogP contribution >= 0.6 is 0 Å². The van der Waals surface area contributed by atoms with Crippen LogP contribution in [0.4, 0.5) is 0 Å². The number of fused-ring (bicyclic) bond motifs is 2. The molecule has 100 valence electrons. The van der Waals surface area contributed by atoms with Crippen LogP contribution in [0.15, 0.2) is 30.3 Å². The Bertz CT molecular complexity index is 529. The Morgan fingerprint density at radius 2 is 1.84 bits per heavy atom. The molecule has 2 nitrogen and oxygen atoms in total. The van der Waals surface area contributed by atoms with Crippen LogP contribution in [0.1, 0.15) is 38.7 Å². The van der Waals surface area contributed by atoms with Crippen LogP contribution < -0.4 is 0 Å². The highest BCUT2D eigenvalue weighted by atomic mass is 16.2. The van der Waals surface area contributed by atoms with Gasteiger partial charge in [0.2, 0.25) is 11.6 Å². The van der Waals surface area contributed by atoms with Gasteiger partial charge in [-0.3, -0.25) is 9.59 Å². The Morgan fingerprint density at radius 3 is 2.42 bits per heavy atom. The van der Waals surface area contributed by atoms with Gasteiger partial charge in [-0.2, -0.15) is 0 Å². The summed E-state index contributed by atoms with van der Waals surface area (Å²) in [4.78, 5) is 24.4. The van der Waals surface area contributed by atoms with E-state index >= 15 is 0 Å². The Kier molecular flexibility index (Phi) is 2.67. The monoisotopic (exact) mass is 256 g/mol. The SMILES string of the molecule is CC1(C)C2CCC1(CCc1ccccc1)C(=O)C2=O. The van der Waals surface area contributed by atoms with E-state index in [1.165, 1.54) is 5.56 Å². The second kappa shape index (κ2) is 4.03. The maximum Gasteiger partial charge on any atom is 0.205 e. The average Bonchev–Trinajstić information content (AvgIpc) is 2.74. The number of hydrogen-bond donors (Lipinski definition) is 0. The largest absolute Gasteiger partial charge is 0.291 e. The van der Waals surface area contributed by atoms with E-state index in [2.05, 4.69) is 26.0 Å². The van der Waals surface area contributed by atoms with Crippen molar-refractivity contribution >= 4 is 11.6 Å². The molecule has 2 unspecified atom stereocenters. The van der Waals surface area contributed by atoms with Crippen LogP contribution in [-0.4, -0.2) is 11.6 Å². The number of carbonyl (C=O) groups excluding carboxylic acids is 2. The van der Waals surface area contributed by atoms with Crippen LogP contribution in [-0.2, 0) is 16.0 Å². The first kappa shape index (κ1) is 12.6. The zero-order valence-corrected chi connectivity index (χ0v) is 11.6. The van der Waals surface area contributed by atoms with Crippen molar-refractivity contribution < 1.29 is 9.59 Å². The number of ketones is 2. The zero-order valence-electron chi connectivity index (χ0n) is 11.6. The third kappa shape index (κ3) is 1.55. The van der Waals surface area contributed by atoms with E-state index < -0.39 is 5.41 Å². The summed E-state index contributed by atoms with van der Waals surface area (Å²) in [6, 6.07) is 10.2. The summed E-state index contributed by atoms with van der Waals surface area (Å²) >= 11 is 0. The molecule has 2 aliphatic carbocycles. The molecule has 2 atom stereocenters. The molecular weight excluding hydrogens is 236 g/mol. The Balaban J connectivity index is 1.86. The van der Waals surface area contributed by atoms with E-state index in [4.69, 9.17) is 0 Å². The summed E-state index contributed by atoms with van der Waals surface area (Å²) in [6.07, 6.45) is 3.48. The van der Waals surface area contributed by atoms with Gasteiger partial charge in [0.1, 0.15) is 0 Å². The van der Waals surface area contributed by atoms with Crippen molar-refractivity contribution in [2.45, 2.75) is 39.5 Å². The van der Waals surface area contributed by atoms with E-state index in [-0.39, 0.29) is 22.9 Å². The first-order valence-corrected chi connectivity index (χ1v) is 7.12. The van der Waals surface area contributed by atoms with Gasteiger partial charge >= 0.3 is 0 Å². The van der Waals surface area contributed by atoms with Crippen LogP contribution in [0.25, 0.3) is 0 Å². The summed E-state index contributed by atoms with van der Waals surface area (Å²) in [7, 11) is 0. The fraction of sp³-hybridized carbons (Fsp3) is 0.529. The van der Waals surface area contributed by atoms with Gasteiger partial charge < -0.3 is 0 Å². The number of carbonyl (C=O) groups is 2. The quantitative estimate of drug-likeness (QED) is 0.778. The van der Waals surface area contributed by atoms with Crippen molar-refractivity contribution in [1.82, 2.24) is 0 Å². The predicted octanol–water partition coefficient (Wildman–Crippen LogP) is 3.19. The predicted molar refractivity (Wildman–Crippen MR) is 73.7 cm³/mol. The molecule has 0 saturated heterocycles. The minimum absolute atomic E-state index is 0.0317. The third-order valence-electron chi connectivity index (χ3n) is 5.62. The Hall–Kier alpha value is -1.44. The Morgan fingerprint density at radius 1 is 1.16 bits per heavy atom. The molecule has 1 aromatic rings. The molecule has 2 saturated carbocycles. The van der Waals surface area contributed by atoms with Crippen LogP contribution in [0.3, 0.4) is 0 Å². The van der Waals surface area contributed by atoms with Crippen LogP contribution in [0.5, 0.6) is 0 Å². The van der Waals surface area contributed by atoms with Crippen molar-refractivity contribution in [3.63, 3.8) is 0 Å². The summed E-state index contributed by atoms with van der Waals surface area (Å²) in [5.74, 6) is -0.232. The molecule has 1 aromatic carbocycles. The number of Topliss-reactive ketones (excluding diaryl/α,β-unsaturated/α-hetero) is 2. The molecule has 2 bridgehead atoms. The van der Waals surface area contributed by atoms with Crippen molar-refractivity contribution in [2.75, 3.05) is 0 Å². The Labute approximate surface area is 114 Å². The molecule has 0 amide bonds. The molecule has 2 fully saturated rings. The van der Waals surface area contributed by atoms with Crippen molar-refractivity contribution in [3.05, 3.63) is 35.9 Å². The van der Waals surface area contributed by atoms with Crippen LogP contribution in [0, 0.1) is 16.7 Å². The van der Waals surface area contributed by atoms with Gasteiger partial charge in [-0.15, -0.1) is 0 Å². The van der Waals surface area contributed by atoms with E-state index in [1.54, 1.807) is 0 Å². The minimum atomic E-state index is -0.398. The normalized spacial score (nSPS) is 32.0. The molecule has 0 aliphatic heterocycles. The molecule has 19 heavy (non-hydrogen) atoms. The van der Waals surface area contributed by atoms with Crippen molar-refractivity contribution in [1.29, 1.82) is 0 Å². The maximum atomic E-state index is 12.4. The molecule has 3 rings (SSSR count). The summed E-state index contributed by atoms with van der Waals surface area (Å²) in [6.45, 7) is 4.22. The fourth-order valence-corrected chi connectivity index (χ4v) is 4.23. The molecular formula is C17H20O2. The number of hydrogen-bond acceptors (Lipinski definition) is 2. The molecule has 0 N–H and O–H groups in total. The van der Waals surface area contributed by atoms with Gasteiger partial charge in [0, 0.05) is 11.3 Å². The molecule has 0 aromatic heterocycles. The topological polar surface area (TPSA) is 34.1 Å². The summed E-state index contributed by atoms with van der Waals surface area (Å²) in [5.41, 5.74) is 0.698. The maximum absolute atomic E-state index is 12.4. The number of rotatable bonds is 3. The standard InChI is InChI=1S/C17H20O2/c1-16(2)13-9-11-17(16,15(19)14(13)18)10-8-12-6-4-3-5-7-12/h3-7,13H,8-11H2,1-2H3. The van der Waals surface area contributed by atoms with Gasteiger partial charge in [-0.25, -0.2) is 0 Å². The molecule has 0 heterocycles. The van der Waals surface area contributed by atoms with Gasteiger partial charge in [0.15, 0.2) is 0 Å². The highest BCUT2D eigenvalue weighted by molar-refractivity contribution is 6.43. The van der Waals surface area contributed by atoms with Gasteiger partial charge in [-0.1, -0.05) is 44.2 Å². The number of aryl methyl sites for hydroxylation is 1. The van der Waals surface area contributed by atoms with Crippen LogP contribution in [0.2, 0.25) is 0 Å². The van der Waals surface area contributed by atoms with E-state index in [0.717, 1.165) is 25.7 Å². The zero-order chi connectivity index (χ0) is 13.7. The number of benzene rings is 1. The lowest BCUT2D eigenvalue weighted by Crippen LogP contribution is -2.37. The van der Waals surface area contributed by atoms with E-state index in [9.17, 15) is 9.59 Å². The molecule has 0 radical (unpaired) electrons. The first-order chi connectivity index (χ1) is 8.99. The minimum Gasteiger partial charge on any atom is -0.291 e. The molecule has 2 aliphatic rings. The second-order valence-electron chi connectivity index (χ2n) is 6.57. The van der Waals surface area contributed by atoms with E-state index in [0.29, 0.717) is 0 Å². The molecule has 2 heteroatoms. The summed E-state index contributed by atoms with van der Waals surface area (Å²) < 4.78 is 0. The lowest BCUT2D eigenvalue weighted by molar-refractivity contribution is -0.142. The average molecular weight is 256 g/mol. The third-order valence-corrected chi connectivity index (χ3v) is 5.62.